The second-order valence-corrected chi connectivity index (χ2v) is 19.5. The molecule has 2 nitrogen and oxygen atoms in total. The van der Waals surface area contributed by atoms with Crippen molar-refractivity contribution < 1.29 is 0 Å². The third-order valence-corrected chi connectivity index (χ3v) is 14.5. The van der Waals surface area contributed by atoms with Gasteiger partial charge in [0.1, 0.15) is 11.6 Å². The lowest BCUT2D eigenvalue weighted by molar-refractivity contribution is 0.613. The Hall–Kier alpha value is -7.42. The summed E-state index contributed by atoms with van der Waals surface area (Å²) in [6, 6.07) is 84.8. The number of hydrogen-bond donors (Lipinski definition) is 0. The first-order valence-electron chi connectivity index (χ1n) is 24.0. The van der Waals surface area contributed by atoms with Crippen molar-refractivity contribution in [3.63, 3.8) is 0 Å². The van der Waals surface area contributed by atoms with Crippen LogP contribution in [0.4, 0.5) is 22.7 Å². The van der Waals surface area contributed by atoms with E-state index in [0.717, 1.165) is 17.1 Å². The summed E-state index contributed by atoms with van der Waals surface area (Å²) in [5, 5.41) is 0. The Labute approximate surface area is 397 Å². The molecular weight excluding hydrogens is 809 g/mol. The predicted octanol–water partition coefficient (Wildman–Crippen LogP) is 17.1. The molecule has 1 aliphatic heterocycles. The number of nitrogens with zero attached hydrogens (tertiary/aromatic N) is 2. The molecular formula is C65H57N2. The van der Waals surface area contributed by atoms with Gasteiger partial charge in [0.2, 0.25) is 0 Å². The van der Waals surface area contributed by atoms with E-state index in [2.05, 4.69) is 276 Å². The number of benzene rings is 9. The fourth-order valence-electron chi connectivity index (χ4n) is 11.3. The maximum Gasteiger partial charge on any atom is 0.124 e. The van der Waals surface area contributed by atoms with E-state index in [1.165, 1.54) is 84.1 Å². The molecule has 0 unspecified atom stereocenters. The predicted molar refractivity (Wildman–Crippen MR) is 282 cm³/mol. The molecule has 0 atom stereocenters. The van der Waals surface area contributed by atoms with Crippen LogP contribution in [0.15, 0.2) is 224 Å². The van der Waals surface area contributed by atoms with Crippen LogP contribution in [-0.2, 0) is 11.0 Å². The van der Waals surface area contributed by atoms with E-state index < -0.39 is 5.54 Å². The molecule has 2 aliphatic rings. The molecule has 0 fully saturated rings. The molecule has 9 aromatic carbocycles. The van der Waals surface area contributed by atoms with Gasteiger partial charge in [-0.3, -0.25) is 0 Å². The molecule has 0 bridgehead atoms. The van der Waals surface area contributed by atoms with Crippen LogP contribution >= 0.6 is 0 Å². The highest BCUT2D eigenvalue weighted by Gasteiger charge is 2.55. The molecule has 11 rings (SSSR count). The molecule has 0 saturated heterocycles. The first-order valence-corrected chi connectivity index (χ1v) is 24.0. The molecule has 1 radical (unpaired) electrons. The summed E-state index contributed by atoms with van der Waals surface area (Å²) < 4.78 is 0. The van der Waals surface area contributed by atoms with E-state index in [-0.39, 0.29) is 17.3 Å². The van der Waals surface area contributed by atoms with E-state index >= 15 is 0 Å². The molecule has 0 amide bonds. The standard InChI is InChI=1S/C65H57N2/c1-44(2)54-29-20-30-55(45(3)4)63(54)67-62(58-28-17-19-32-60(58)65(67,49-23-12-8-13-24-49)50-25-14-9-15-26-50)48-35-39-52(40-36-48)66(51-37-33-47(34-38-51)46-21-10-7-11-22-46)53-41-42-57-56-27-16-18-31-59(56)64(5,6)61(57)43-53/h7-45H,1-6H3. The first-order chi connectivity index (χ1) is 32.7. The monoisotopic (exact) mass is 865 g/mol. The highest BCUT2D eigenvalue weighted by atomic mass is 15.3. The summed E-state index contributed by atoms with van der Waals surface area (Å²) >= 11 is 0. The van der Waals surface area contributed by atoms with Gasteiger partial charge in [-0.1, -0.05) is 230 Å². The van der Waals surface area contributed by atoms with Gasteiger partial charge < -0.3 is 9.80 Å². The summed E-state index contributed by atoms with van der Waals surface area (Å²) in [5.41, 5.74) is 20.5. The van der Waals surface area contributed by atoms with Gasteiger partial charge in [0.05, 0.1) is 0 Å². The van der Waals surface area contributed by atoms with Gasteiger partial charge in [-0.2, -0.15) is 0 Å². The summed E-state index contributed by atoms with van der Waals surface area (Å²) in [6.07, 6.45) is 0. The lowest BCUT2D eigenvalue weighted by Crippen LogP contribution is -2.46. The number of anilines is 4. The number of para-hydroxylation sites is 1. The molecule has 2 heteroatoms. The van der Waals surface area contributed by atoms with Crippen molar-refractivity contribution in [2.45, 2.75) is 64.3 Å². The average molecular weight is 866 g/mol. The molecule has 0 aromatic heterocycles. The largest absolute Gasteiger partial charge is 0.336 e. The van der Waals surface area contributed by atoms with E-state index in [4.69, 9.17) is 0 Å². The Morgan fingerprint density at radius 2 is 0.821 bits per heavy atom. The van der Waals surface area contributed by atoms with Crippen LogP contribution in [-0.4, -0.2) is 0 Å². The summed E-state index contributed by atoms with van der Waals surface area (Å²) in [4.78, 5) is 5.18. The van der Waals surface area contributed by atoms with Crippen LogP contribution in [0, 0.1) is 6.04 Å². The van der Waals surface area contributed by atoms with E-state index in [1.54, 1.807) is 0 Å². The van der Waals surface area contributed by atoms with Crippen LogP contribution < -0.4 is 9.80 Å². The van der Waals surface area contributed by atoms with Gasteiger partial charge in [-0.05, 0) is 121 Å². The Bertz CT molecular complexity index is 3140. The summed E-state index contributed by atoms with van der Waals surface area (Å²) in [5.74, 6) is 0.578. The van der Waals surface area contributed by atoms with E-state index in [1.807, 2.05) is 0 Å². The zero-order valence-corrected chi connectivity index (χ0v) is 39.4. The fraction of sp³-hybridized carbons (Fsp3) is 0.154. The lowest BCUT2D eigenvalue weighted by atomic mass is 9.76. The molecule has 9 aromatic rings. The first kappa shape index (κ1) is 42.2. The van der Waals surface area contributed by atoms with Crippen LogP contribution in [0.1, 0.15) is 103 Å². The van der Waals surface area contributed by atoms with Crippen molar-refractivity contribution in [2.75, 3.05) is 9.80 Å². The van der Waals surface area contributed by atoms with E-state index in [9.17, 15) is 0 Å². The lowest BCUT2D eigenvalue weighted by Gasteiger charge is -2.46. The second-order valence-electron chi connectivity index (χ2n) is 19.5. The number of fused-ring (bicyclic) bond motifs is 4. The van der Waals surface area contributed by atoms with Crippen molar-refractivity contribution in [1.29, 1.82) is 0 Å². The Morgan fingerprint density at radius 3 is 1.39 bits per heavy atom. The normalized spacial score (nSPS) is 14.5. The molecule has 1 aliphatic carbocycles. The summed E-state index contributed by atoms with van der Waals surface area (Å²) in [7, 11) is 0. The SMILES string of the molecule is CC(C)c1cccc(C(C)C)c1N1[C](c2ccc(N(c3ccc(-c4ccccc4)cc3)c3ccc4c(c3)C(C)(C)c3ccccc3-4)cc2)c2ccccc2C1(c1ccccc1)c1ccccc1. The minimum absolute atomic E-state index is 0.129. The molecule has 0 N–H and O–H groups in total. The van der Waals surface area contributed by atoms with Gasteiger partial charge in [0.15, 0.2) is 0 Å². The number of rotatable bonds is 10. The Balaban J connectivity index is 1.12. The van der Waals surface area contributed by atoms with Gasteiger partial charge in [-0.15, -0.1) is 0 Å². The maximum atomic E-state index is 2.74. The van der Waals surface area contributed by atoms with Crippen LogP contribution in [0.2, 0.25) is 0 Å². The molecule has 1 heterocycles. The van der Waals surface area contributed by atoms with Crippen molar-refractivity contribution in [1.82, 2.24) is 0 Å². The van der Waals surface area contributed by atoms with Gasteiger partial charge in [-0.25, -0.2) is 0 Å². The quantitative estimate of drug-likeness (QED) is 0.135. The molecule has 67 heavy (non-hydrogen) atoms. The maximum absolute atomic E-state index is 2.74. The topological polar surface area (TPSA) is 6.48 Å². The fourth-order valence-corrected chi connectivity index (χ4v) is 11.3. The van der Waals surface area contributed by atoms with Crippen molar-refractivity contribution in [3.8, 4) is 22.3 Å². The van der Waals surface area contributed by atoms with Gasteiger partial charge >= 0.3 is 0 Å². The Morgan fingerprint density at radius 1 is 0.373 bits per heavy atom. The van der Waals surface area contributed by atoms with Crippen LogP contribution in [0.25, 0.3) is 22.3 Å². The number of hydrogen-bond acceptors (Lipinski definition) is 2. The molecule has 0 saturated carbocycles. The minimum atomic E-state index is -0.664. The van der Waals surface area contributed by atoms with Gasteiger partial charge in [0.25, 0.3) is 0 Å². The van der Waals surface area contributed by atoms with E-state index in [0.29, 0.717) is 0 Å². The average Bonchev–Trinajstić information content (AvgIpc) is 3.80. The van der Waals surface area contributed by atoms with Crippen molar-refractivity contribution >= 4 is 22.7 Å². The highest BCUT2D eigenvalue weighted by molar-refractivity contribution is 5.87. The van der Waals surface area contributed by atoms with Crippen molar-refractivity contribution in [2.24, 2.45) is 0 Å². The van der Waals surface area contributed by atoms with Crippen LogP contribution in [0.5, 0.6) is 0 Å². The molecule has 327 valence electrons. The van der Waals surface area contributed by atoms with Gasteiger partial charge in [0, 0.05) is 28.2 Å². The Kier molecular flexibility index (Phi) is 10.6. The molecule has 0 spiro atoms. The smallest absolute Gasteiger partial charge is 0.124 e. The van der Waals surface area contributed by atoms with Crippen LogP contribution in [0.3, 0.4) is 0 Å². The van der Waals surface area contributed by atoms with Crippen molar-refractivity contribution in [3.05, 3.63) is 281 Å². The zero-order chi connectivity index (χ0) is 45.9. The third kappa shape index (κ3) is 6.84. The second kappa shape index (κ2) is 16.8. The minimum Gasteiger partial charge on any atom is -0.336 e. The zero-order valence-electron chi connectivity index (χ0n) is 39.4. The highest BCUT2D eigenvalue weighted by Crippen LogP contribution is 2.59. The third-order valence-electron chi connectivity index (χ3n) is 14.5. The summed E-state index contributed by atoms with van der Waals surface area (Å²) in [6.45, 7) is 14.1.